The van der Waals surface area contributed by atoms with E-state index in [9.17, 15) is 14.7 Å². The molecule has 8 nitrogen and oxygen atoms in total. The summed E-state index contributed by atoms with van der Waals surface area (Å²) in [7, 11) is 0. The molecule has 1 amide bonds. The number of allylic oxidation sites excluding steroid dienone is 1. The van der Waals surface area contributed by atoms with Crippen LogP contribution in [0.1, 0.15) is 27.9 Å². The molecule has 1 heterocycles. The Labute approximate surface area is 197 Å². The number of nitrogens with one attached hydrogen (secondary N) is 1. The van der Waals surface area contributed by atoms with Gasteiger partial charge in [-0.25, -0.2) is 4.79 Å². The van der Waals surface area contributed by atoms with Crippen LogP contribution >= 0.6 is 0 Å². The summed E-state index contributed by atoms with van der Waals surface area (Å²) >= 11 is 0. The number of amides is 1. The average molecular weight is 466 g/mol. The third-order valence-electron chi connectivity index (χ3n) is 5.73. The molecule has 1 aliphatic heterocycles. The van der Waals surface area contributed by atoms with Gasteiger partial charge in [0.05, 0.1) is 12.2 Å². The van der Waals surface area contributed by atoms with E-state index < -0.39 is 24.3 Å². The largest absolute Gasteiger partial charge is 0.508 e. The highest BCUT2D eigenvalue weighted by molar-refractivity contribution is 5.94. The van der Waals surface area contributed by atoms with Crippen molar-refractivity contribution < 1.29 is 34.0 Å². The van der Waals surface area contributed by atoms with Crippen LogP contribution < -0.4 is 5.32 Å². The molecule has 1 fully saturated rings. The summed E-state index contributed by atoms with van der Waals surface area (Å²) in [5, 5.41) is 21.4. The topological polar surface area (TPSA) is 114 Å². The summed E-state index contributed by atoms with van der Waals surface area (Å²) in [6, 6.07) is 14.2. The van der Waals surface area contributed by atoms with Gasteiger partial charge in [-0.1, -0.05) is 42.5 Å². The first-order valence-corrected chi connectivity index (χ1v) is 11.1. The number of carbonyl (C=O) groups is 2. The van der Waals surface area contributed by atoms with E-state index in [1.165, 1.54) is 0 Å². The molecule has 3 atom stereocenters. The standard InChI is InChI=1S/C26H27NO7/c28-13-12-27-25(30)20-14-22-24(33-16-32-22)23(15-20)34-26(31)19-10-8-17(9-11-19)4-3-6-18-5-1-2-7-21(18)29/h1-5,7-11,14,22-24,28-29H,6,12-13,15-16H2,(H,27,30). The number of benzene rings is 2. The minimum absolute atomic E-state index is 0.0627. The van der Waals surface area contributed by atoms with Gasteiger partial charge in [-0.3, -0.25) is 4.79 Å². The van der Waals surface area contributed by atoms with Crippen LogP contribution in [0.5, 0.6) is 5.75 Å². The van der Waals surface area contributed by atoms with Crippen LogP contribution in [0.2, 0.25) is 0 Å². The number of aliphatic hydroxyl groups is 1. The molecule has 0 saturated carbocycles. The molecule has 1 saturated heterocycles. The molecular weight excluding hydrogens is 438 g/mol. The van der Waals surface area contributed by atoms with Gasteiger partial charge in [0.25, 0.3) is 0 Å². The second-order valence-electron chi connectivity index (χ2n) is 8.06. The third-order valence-corrected chi connectivity index (χ3v) is 5.73. The normalized spacial score (nSPS) is 21.7. The van der Waals surface area contributed by atoms with Crippen molar-refractivity contribution in [2.45, 2.75) is 31.2 Å². The van der Waals surface area contributed by atoms with E-state index in [2.05, 4.69) is 5.32 Å². The first kappa shape index (κ1) is 23.7. The lowest BCUT2D eigenvalue weighted by atomic mass is 9.91. The Hall–Kier alpha value is -3.46. The van der Waals surface area contributed by atoms with Gasteiger partial charge >= 0.3 is 5.97 Å². The number of aliphatic hydroxyl groups excluding tert-OH is 1. The van der Waals surface area contributed by atoms with Gasteiger partial charge in [-0.2, -0.15) is 0 Å². The monoisotopic (exact) mass is 465 g/mol. The van der Waals surface area contributed by atoms with Crippen molar-refractivity contribution in [2.75, 3.05) is 19.9 Å². The zero-order chi connectivity index (χ0) is 23.9. The van der Waals surface area contributed by atoms with Crippen LogP contribution in [0.4, 0.5) is 0 Å². The Bertz CT molecular complexity index is 1080. The quantitative estimate of drug-likeness (QED) is 0.513. The van der Waals surface area contributed by atoms with E-state index >= 15 is 0 Å². The number of carbonyl (C=O) groups excluding carboxylic acids is 2. The van der Waals surface area contributed by atoms with Crippen LogP contribution in [-0.2, 0) is 25.4 Å². The predicted octanol–water partition coefficient (Wildman–Crippen LogP) is 2.35. The molecule has 3 unspecified atom stereocenters. The summed E-state index contributed by atoms with van der Waals surface area (Å²) in [4.78, 5) is 25.1. The second kappa shape index (κ2) is 11.1. The number of ether oxygens (including phenoxy) is 3. The van der Waals surface area contributed by atoms with E-state index in [4.69, 9.17) is 19.3 Å². The molecule has 2 aromatic rings. The van der Waals surface area contributed by atoms with Gasteiger partial charge in [-0.15, -0.1) is 0 Å². The number of phenols is 1. The van der Waals surface area contributed by atoms with Gasteiger partial charge in [0.15, 0.2) is 0 Å². The minimum atomic E-state index is -0.669. The smallest absolute Gasteiger partial charge is 0.338 e. The second-order valence-corrected chi connectivity index (χ2v) is 8.06. The number of esters is 1. The molecule has 0 spiro atoms. The number of phenolic OH excluding ortho intramolecular Hbond substituents is 1. The Morgan fingerprint density at radius 2 is 1.91 bits per heavy atom. The van der Waals surface area contributed by atoms with Crippen LogP contribution in [0.3, 0.4) is 0 Å². The maximum Gasteiger partial charge on any atom is 0.338 e. The molecular formula is C26H27NO7. The number of aromatic hydroxyl groups is 1. The van der Waals surface area contributed by atoms with Gasteiger partial charge in [-0.05, 0) is 41.8 Å². The van der Waals surface area contributed by atoms with Crippen molar-refractivity contribution in [1.29, 1.82) is 0 Å². The van der Waals surface area contributed by atoms with Gasteiger partial charge in [0.2, 0.25) is 5.91 Å². The first-order chi connectivity index (χ1) is 16.5. The Morgan fingerprint density at radius 1 is 1.12 bits per heavy atom. The van der Waals surface area contributed by atoms with Crippen molar-refractivity contribution in [3.05, 3.63) is 82.9 Å². The zero-order valence-electron chi connectivity index (χ0n) is 18.6. The van der Waals surface area contributed by atoms with Gasteiger partial charge in [0, 0.05) is 18.5 Å². The number of fused-ring (bicyclic) bond motifs is 1. The van der Waals surface area contributed by atoms with Crippen molar-refractivity contribution in [3.63, 3.8) is 0 Å². The summed E-state index contributed by atoms with van der Waals surface area (Å²) in [6.07, 6.45) is 4.71. The fourth-order valence-corrected chi connectivity index (χ4v) is 3.95. The maximum absolute atomic E-state index is 12.8. The first-order valence-electron chi connectivity index (χ1n) is 11.1. The van der Waals surface area contributed by atoms with E-state index in [1.54, 1.807) is 30.3 Å². The highest BCUT2D eigenvalue weighted by atomic mass is 16.7. The van der Waals surface area contributed by atoms with E-state index in [0.717, 1.165) is 11.1 Å². The highest BCUT2D eigenvalue weighted by Gasteiger charge is 2.42. The fourth-order valence-electron chi connectivity index (χ4n) is 3.95. The summed E-state index contributed by atoms with van der Waals surface area (Å²) in [5.74, 6) is -0.583. The number of hydrogen-bond acceptors (Lipinski definition) is 7. The van der Waals surface area contributed by atoms with Crippen molar-refractivity contribution in [3.8, 4) is 5.75 Å². The van der Waals surface area contributed by atoms with Gasteiger partial charge in [0.1, 0.15) is 30.9 Å². The lowest BCUT2D eigenvalue weighted by Gasteiger charge is -2.30. The molecule has 1 aliphatic carbocycles. The molecule has 0 bridgehead atoms. The SMILES string of the molecule is O=C(NCCO)C1=CC2OCOC2C(OC(=O)c2ccc(C=CCc3ccccc3O)cc2)C1. The molecule has 4 rings (SSSR count). The Balaban J connectivity index is 1.37. The lowest BCUT2D eigenvalue weighted by molar-refractivity contribution is -0.118. The van der Waals surface area contributed by atoms with Crippen LogP contribution in [0, 0.1) is 0 Å². The molecule has 8 heteroatoms. The fraction of sp³-hybridized carbons (Fsp3) is 0.308. The highest BCUT2D eigenvalue weighted by Crippen LogP contribution is 2.30. The van der Waals surface area contributed by atoms with Crippen LogP contribution in [-0.4, -0.2) is 60.3 Å². The molecule has 2 aliphatic rings. The zero-order valence-corrected chi connectivity index (χ0v) is 18.6. The summed E-state index contributed by atoms with van der Waals surface area (Å²) < 4.78 is 16.8. The van der Waals surface area contributed by atoms with Crippen LogP contribution in [0.25, 0.3) is 6.08 Å². The Kier molecular flexibility index (Phi) is 7.74. The Morgan fingerprint density at radius 3 is 2.68 bits per heavy atom. The maximum atomic E-state index is 12.8. The van der Waals surface area contributed by atoms with E-state index in [0.29, 0.717) is 17.6 Å². The molecule has 0 radical (unpaired) electrons. The predicted molar refractivity (Wildman–Crippen MR) is 124 cm³/mol. The number of rotatable bonds is 8. The van der Waals surface area contributed by atoms with Crippen molar-refractivity contribution in [1.82, 2.24) is 5.32 Å². The molecule has 178 valence electrons. The van der Waals surface area contributed by atoms with Crippen molar-refractivity contribution >= 4 is 18.0 Å². The van der Waals surface area contributed by atoms with E-state index in [1.807, 2.05) is 36.4 Å². The molecule has 2 aromatic carbocycles. The third kappa shape index (κ3) is 5.72. The van der Waals surface area contributed by atoms with Gasteiger partial charge < -0.3 is 29.7 Å². The number of hydrogen-bond donors (Lipinski definition) is 3. The van der Waals surface area contributed by atoms with Crippen molar-refractivity contribution in [2.24, 2.45) is 0 Å². The molecule has 3 N–H and O–H groups in total. The van der Waals surface area contributed by atoms with E-state index in [-0.39, 0.29) is 38.0 Å². The summed E-state index contributed by atoms with van der Waals surface area (Å²) in [5.41, 5.74) is 2.56. The average Bonchev–Trinajstić information content (AvgIpc) is 3.33. The minimum Gasteiger partial charge on any atom is -0.508 e. The molecule has 0 aromatic heterocycles. The number of para-hydroxylation sites is 1. The lowest BCUT2D eigenvalue weighted by Crippen LogP contribution is -2.43. The van der Waals surface area contributed by atoms with Crippen LogP contribution in [0.15, 0.2) is 66.3 Å². The molecule has 34 heavy (non-hydrogen) atoms. The summed E-state index contributed by atoms with van der Waals surface area (Å²) in [6.45, 7) is 0.0373.